The number of hydrogen-bond acceptors (Lipinski definition) is 3. The molecule has 0 saturated heterocycles. The first-order valence-corrected chi connectivity index (χ1v) is 7.93. The monoisotopic (exact) mass is 354 g/mol. The molecule has 0 aliphatic heterocycles. The van der Waals surface area contributed by atoms with Gasteiger partial charge in [-0.2, -0.15) is 0 Å². The lowest BCUT2D eigenvalue weighted by Crippen LogP contribution is -2.12. The quantitative estimate of drug-likeness (QED) is 0.775. The van der Waals surface area contributed by atoms with E-state index in [9.17, 15) is 4.79 Å². The number of hydrogen-bond donors (Lipinski definition) is 1. The molecule has 0 bridgehead atoms. The molecule has 21 heavy (non-hydrogen) atoms. The zero-order chi connectivity index (χ0) is 15.2. The van der Waals surface area contributed by atoms with Crippen molar-refractivity contribution in [2.24, 2.45) is 0 Å². The van der Waals surface area contributed by atoms with Crippen LogP contribution in [0.4, 0.5) is 0 Å². The van der Waals surface area contributed by atoms with Crippen LogP contribution in [0.2, 0.25) is 0 Å². The molecule has 2 rings (SSSR count). The fourth-order valence-corrected chi connectivity index (χ4v) is 2.96. The molecule has 0 heterocycles. The summed E-state index contributed by atoms with van der Waals surface area (Å²) in [4.78, 5) is 10.6. The summed E-state index contributed by atoms with van der Waals surface area (Å²) in [5.41, 5.74) is 0.756. The van der Waals surface area contributed by atoms with E-state index in [1.807, 2.05) is 13.0 Å². The number of rotatable bonds is 6. The van der Waals surface area contributed by atoms with Crippen LogP contribution in [0.5, 0.6) is 11.5 Å². The van der Waals surface area contributed by atoms with Gasteiger partial charge in [0.05, 0.1) is 17.2 Å². The Bertz CT molecular complexity index is 533. The van der Waals surface area contributed by atoms with Crippen molar-refractivity contribution in [3.63, 3.8) is 0 Å². The molecule has 4 nitrogen and oxygen atoms in total. The average molecular weight is 355 g/mol. The van der Waals surface area contributed by atoms with Crippen molar-refractivity contribution in [3.05, 3.63) is 28.2 Å². The Morgan fingerprint density at radius 3 is 2.76 bits per heavy atom. The SMILES string of the molecule is CCOc1cc(/C=C/C(=O)O)cc(Br)c1OC1CCCC1. The zero-order valence-electron chi connectivity index (χ0n) is 12.0. The van der Waals surface area contributed by atoms with Gasteiger partial charge in [0.1, 0.15) is 0 Å². The van der Waals surface area contributed by atoms with Gasteiger partial charge in [0.25, 0.3) is 0 Å². The minimum Gasteiger partial charge on any atom is -0.490 e. The summed E-state index contributed by atoms with van der Waals surface area (Å²) in [5.74, 6) is 0.371. The Morgan fingerprint density at radius 2 is 2.14 bits per heavy atom. The number of aliphatic carboxylic acids is 1. The summed E-state index contributed by atoms with van der Waals surface area (Å²) in [6, 6.07) is 3.64. The van der Waals surface area contributed by atoms with Crippen molar-refractivity contribution in [3.8, 4) is 11.5 Å². The molecule has 1 aromatic rings. The fraction of sp³-hybridized carbons (Fsp3) is 0.438. The van der Waals surface area contributed by atoms with E-state index in [2.05, 4.69) is 15.9 Å². The first-order valence-electron chi connectivity index (χ1n) is 7.14. The average Bonchev–Trinajstić information content (AvgIpc) is 2.93. The van der Waals surface area contributed by atoms with Crippen LogP contribution < -0.4 is 9.47 Å². The minimum atomic E-state index is -0.977. The molecule has 1 aliphatic carbocycles. The largest absolute Gasteiger partial charge is 0.490 e. The second-order valence-corrected chi connectivity index (χ2v) is 5.81. The highest BCUT2D eigenvalue weighted by molar-refractivity contribution is 9.10. The predicted molar refractivity (Wildman–Crippen MR) is 84.9 cm³/mol. The van der Waals surface area contributed by atoms with Gasteiger partial charge in [-0.15, -0.1) is 0 Å². The summed E-state index contributed by atoms with van der Waals surface area (Å²) in [6.45, 7) is 2.44. The topological polar surface area (TPSA) is 55.8 Å². The van der Waals surface area contributed by atoms with Gasteiger partial charge in [0.2, 0.25) is 0 Å². The molecular weight excluding hydrogens is 336 g/mol. The molecule has 0 spiro atoms. The molecule has 1 aromatic carbocycles. The van der Waals surface area contributed by atoms with Gasteiger partial charge in [0.15, 0.2) is 11.5 Å². The lowest BCUT2D eigenvalue weighted by Gasteiger charge is -2.18. The summed E-state index contributed by atoms with van der Waals surface area (Å²) in [6.07, 6.45) is 7.42. The van der Waals surface area contributed by atoms with Crippen LogP contribution in [0.25, 0.3) is 6.08 Å². The maximum atomic E-state index is 10.6. The first kappa shape index (κ1) is 15.9. The number of carbonyl (C=O) groups is 1. The molecule has 1 N–H and O–H groups in total. The summed E-state index contributed by atoms with van der Waals surface area (Å²) >= 11 is 3.50. The van der Waals surface area contributed by atoms with Crippen molar-refractivity contribution in [1.29, 1.82) is 0 Å². The lowest BCUT2D eigenvalue weighted by molar-refractivity contribution is -0.131. The molecule has 114 valence electrons. The van der Waals surface area contributed by atoms with Crippen LogP contribution >= 0.6 is 15.9 Å². The van der Waals surface area contributed by atoms with Gasteiger partial charge in [-0.05, 0) is 72.3 Å². The van der Waals surface area contributed by atoms with Crippen LogP contribution in [0.15, 0.2) is 22.7 Å². The molecule has 1 fully saturated rings. The normalized spacial score (nSPS) is 15.5. The van der Waals surface area contributed by atoms with E-state index in [4.69, 9.17) is 14.6 Å². The Hall–Kier alpha value is -1.49. The Kier molecular flexibility index (Phi) is 5.67. The summed E-state index contributed by atoms with van der Waals surface area (Å²) in [5, 5.41) is 8.71. The van der Waals surface area contributed by atoms with Crippen molar-refractivity contribution in [2.45, 2.75) is 38.7 Å². The van der Waals surface area contributed by atoms with E-state index >= 15 is 0 Å². The predicted octanol–water partition coefficient (Wildman–Crippen LogP) is 4.27. The maximum absolute atomic E-state index is 10.6. The van der Waals surface area contributed by atoms with E-state index in [0.717, 1.165) is 29.0 Å². The Labute approximate surface area is 132 Å². The number of carboxylic acids is 1. The van der Waals surface area contributed by atoms with E-state index < -0.39 is 5.97 Å². The van der Waals surface area contributed by atoms with Gasteiger partial charge < -0.3 is 14.6 Å². The molecule has 1 aliphatic rings. The maximum Gasteiger partial charge on any atom is 0.328 e. The highest BCUT2D eigenvalue weighted by atomic mass is 79.9. The van der Waals surface area contributed by atoms with E-state index in [1.54, 1.807) is 6.07 Å². The van der Waals surface area contributed by atoms with E-state index in [1.165, 1.54) is 18.9 Å². The van der Waals surface area contributed by atoms with Crippen molar-refractivity contribution < 1.29 is 19.4 Å². The number of carboxylic acid groups (broad SMARTS) is 1. The molecule has 0 atom stereocenters. The van der Waals surface area contributed by atoms with Crippen LogP contribution in [-0.2, 0) is 4.79 Å². The summed E-state index contributed by atoms with van der Waals surface area (Å²) in [7, 11) is 0. The van der Waals surface area contributed by atoms with Crippen LogP contribution in [0.3, 0.4) is 0 Å². The van der Waals surface area contributed by atoms with Crippen molar-refractivity contribution >= 4 is 28.0 Å². The third kappa shape index (κ3) is 4.49. The van der Waals surface area contributed by atoms with Gasteiger partial charge in [-0.25, -0.2) is 4.79 Å². The Balaban J connectivity index is 2.27. The molecule has 1 saturated carbocycles. The zero-order valence-corrected chi connectivity index (χ0v) is 13.6. The van der Waals surface area contributed by atoms with E-state index in [0.29, 0.717) is 18.1 Å². The second-order valence-electron chi connectivity index (χ2n) is 4.96. The smallest absolute Gasteiger partial charge is 0.328 e. The van der Waals surface area contributed by atoms with E-state index in [-0.39, 0.29) is 6.10 Å². The lowest BCUT2D eigenvalue weighted by atomic mass is 10.2. The molecule has 0 amide bonds. The molecule has 5 heteroatoms. The highest BCUT2D eigenvalue weighted by Crippen LogP contribution is 2.39. The van der Waals surface area contributed by atoms with Gasteiger partial charge in [-0.3, -0.25) is 0 Å². The second kappa shape index (κ2) is 7.50. The summed E-state index contributed by atoms with van der Waals surface area (Å²) < 4.78 is 12.5. The third-order valence-corrected chi connectivity index (χ3v) is 3.93. The van der Waals surface area contributed by atoms with Crippen molar-refractivity contribution in [1.82, 2.24) is 0 Å². The van der Waals surface area contributed by atoms with Gasteiger partial charge >= 0.3 is 5.97 Å². The number of benzene rings is 1. The van der Waals surface area contributed by atoms with Crippen molar-refractivity contribution in [2.75, 3.05) is 6.61 Å². The Morgan fingerprint density at radius 1 is 1.43 bits per heavy atom. The third-order valence-electron chi connectivity index (χ3n) is 3.34. The number of halogens is 1. The standard InChI is InChI=1S/C16H19BrO4/c1-2-20-14-10-11(7-8-15(18)19)9-13(17)16(14)21-12-5-3-4-6-12/h7-10,12H,2-6H2,1H3,(H,18,19)/b8-7+. The highest BCUT2D eigenvalue weighted by Gasteiger charge is 2.20. The minimum absolute atomic E-state index is 0.237. The fourth-order valence-electron chi connectivity index (χ4n) is 2.40. The molecular formula is C16H19BrO4. The molecule has 0 radical (unpaired) electrons. The van der Waals surface area contributed by atoms with Gasteiger partial charge in [-0.1, -0.05) is 0 Å². The van der Waals surface area contributed by atoms with Crippen LogP contribution in [0.1, 0.15) is 38.2 Å². The first-order chi connectivity index (χ1) is 10.1. The van der Waals surface area contributed by atoms with Crippen LogP contribution in [0, 0.1) is 0 Å². The van der Waals surface area contributed by atoms with Gasteiger partial charge in [0, 0.05) is 6.08 Å². The van der Waals surface area contributed by atoms with Crippen LogP contribution in [-0.4, -0.2) is 23.8 Å². The number of ether oxygens (including phenoxy) is 2. The molecule has 0 unspecified atom stereocenters. The molecule has 0 aromatic heterocycles.